The molecule has 0 atom stereocenters. The van der Waals surface area contributed by atoms with Crippen molar-refractivity contribution in [2.24, 2.45) is 0 Å². The fourth-order valence-electron chi connectivity index (χ4n) is 2.59. The zero-order valence-corrected chi connectivity index (χ0v) is 9.88. The van der Waals surface area contributed by atoms with Crippen molar-refractivity contribution in [3.05, 3.63) is 35.4 Å². The molecule has 0 unspecified atom stereocenters. The molecule has 0 saturated heterocycles. The van der Waals surface area contributed by atoms with Gasteiger partial charge in [0.05, 0.1) is 5.60 Å². The van der Waals surface area contributed by atoms with Gasteiger partial charge in [-0.2, -0.15) is 0 Å². The van der Waals surface area contributed by atoms with Gasteiger partial charge in [0.15, 0.2) is 11.6 Å². The van der Waals surface area contributed by atoms with E-state index in [-0.39, 0.29) is 0 Å². The van der Waals surface area contributed by atoms with Gasteiger partial charge in [-0.05, 0) is 30.5 Å². The molecule has 0 heterocycles. The summed E-state index contributed by atoms with van der Waals surface area (Å²) in [6.07, 6.45) is 6.27. The van der Waals surface area contributed by atoms with E-state index in [2.05, 4.69) is 0 Å². The van der Waals surface area contributed by atoms with Crippen LogP contribution in [0.25, 0.3) is 0 Å². The molecule has 3 heteroatoms. The van der Waals surface area contributed by atoms with Gasteiger partial charge in [0.25, 0.3) is 0 Å². The molecular weight excluding hydrogens is 222 g/mol. The first-order valence-electron chi connectivity index (χ1n) is 6.25. The summed E-state index contributed by atoms with van der Waals surface area (Å²) in [5.41, 5.74) is -0.0610. The molecule has 0 spiro atoms. The van der Waals surface area contributed by atoms with E-state index in [0.29, 0.717) is 12.0 Å². The minimum Gasteiger partial charge on any atom is -0.390 e. The summed E-state index contributed by atoms with van der Waals surface area (Å²) in [6, 6.07) is 3.88. The van der Waals surface area contributed by atoms with Gasteiger partial charge >= 0.3 is 0 Å². The highest BCUT2D eigenvalue weighted by Gasteiger charge is 2.28. The van der Waals surface area contributed by atoms with Crippen LogP contribution in [0.2, 0.25) is 0 Å². The molecule has 1 aliphatic carbocycles. The molecule has 0 aromatic heterocycles. The number of rotatable bonds is 2. The lowest BCUT2D eigenvalue weighted by atomic mass is 9.87. The van der Waals surface area contributed by atoms with Crippen LogP contribution < -0.4 is 0 Å². The molecule has 0 amide bonds. The van der Waals surface area contributed by atoms with Gasteiger partial charge in [-0.3, -0.25) is 0 Å². The van der Waals surface area contributed by atoms with Crippen LogP contribution in [-0.4, -0.2) is 10.7 Å². The summed E-state index contributed by atoms with van der Waals surface area (Å²) in [5, 5.41) is 10.4. The van der Waals surface area contributed by atoms with Gasteiger partial charge in [-0.15, -0.1) is 0 Å². The third-order valence-electron chi connectivity index (χ3n) is 3.55. The maximum atomic E-state index is 13.1. The summed E-state index contributed by atoms with van der Waals surface area (Å²) in [7, 11) is 0. The molecule has 1 saturated carbocycles. The normalized spacial score (nSPS) is 19.9. The molecule has 94 valence electrons. The van der Waals surface area contributed by atoms with Crippen LogP contribution in [0.3, 0.4) is 0 Å². The Kier molecular flexibility index (Phi) is 3.77. The minimum atomic E-state index is -0.834. The average molecular weight is 240 g/mol. The second-order valence-corrected chi connectivity index (χ2v) is 5.06. The van der Waals surface area contributed by atoms with Gasteiger partial charge in [-0.25, -0.2) is 8.78 Å². The van der Waals surface area contributed by atoms with Crippen molar-refractivity contribution >= 4 is 0 Å². The molecule has 0 bridgehead atoms. The van der Waals surface area contributed by atoms with E-state index in [0.717, 1.165) is 44.6 Å². The zero-order chi connectivity index (χ0) is 12.3. The second kappa shape index (κ2) is 5.13. The molecule has 17 heavy (non-hydrogen) atoms. The van der Waals surface area contributed by atoms with Crippen molar-refractivity contribution in [3.8, 4) is 0 Å². The highest BCUT2D eigenvalue weighted by Crippen LogP contribution is 2.30. The van der Waals surface area contributed by atoms with Gasteiger partial charge < -0.3 is 5.11 Å². The number of benzene rings is 1. The molecule has 1 nitrogen and oxygen atoms in total. The Labute approximate surface area is 100 Å². The quantitative estimate of drug-likeness (QED) is 0.783. The van der Waals surface area contributed by atoms with Gasteiger partial charge in [-0.1, -0.05) is 31.7 Å². The van der Waals surface area contributed by atoms with E-state index in [9.17, 15) is 13.9 Å². The predicted molar refractivity (Wildman–Crippen MR) is 62.7 cm³/mol. The summed E-state index contributed by atoms with van der Waals surface area (Å²) in [5.74, 6) is -1.67. The summed E-state index contributed by atoms with van der Waals surface area (Å²) in [4.78, 5) is 0. The lowest BCUT2D eigenvalue weighted by Gasteiger charge is -2.26. The monoisotopic (exact) mass is 240 g/mol. The smallest absolute Gasteiger partial charge is 0.159 e. The fourth-order valence-corrected chi connectivity index (χ4v) is 2.59. The van der Waals surface area contributed by atoms with Crippen LogP contribution in [-0.2, 0) is 6.42 Å². The standard InChI is InChI=1S/C14H18F2O/c15-12-6-5-11(9-13(12)16)10-14(17)7-3-1-2-4-8-14/h5-6,9,17H,1-4,7-8,10H2. The average Bonchev–Trinajstić information content (AvgIpc) is 2.49. The van der Waals surface area contributed by atoms with E-state index in [4.69, 9.17) is 0 Å². The van der Waals surface area contributed by atoms with Crippen LogP contribution in [0, 0.1) is 11.6 Å². The topological polar surface area (TPSA) is 20.2 Å². The first-order valence-corrected chi connectivity index (χ1v) is 6.25. The number of halogens is 2. The third-order valence-corrected chi connectivity index (χ3v) is 3.55. The van der Waals surface area contributed by atoms with Crippen molar-refractivity contribution in [3.63, 3.8) is 0 Å². The molecule has 1 N–H and O–H groups in total. The molecule has 1 aromatic carbocycles. The van der Waals surface area contributed by atoms with Crippen LogP contribution >= 0.6 is 0 Å². The lowest BCUT2D eigenvalue weighted by Crippen LogP contribution is -2.30. The highest BCUT2D eigenvalue weighted by atomic mass is 19.2. The van der Waals surface area contributed by atoms with E-state index < -0.39 is 17.2 Å². The zero-order valence-electron chi connectivity index (χ0n) is 9.88. The summed E-state index contributed by atoms with van der Waals surface area (Å²) >= 11 is 0. The van der Waals surface area contributed by atoms with Gasteiger partial charge in [0.2, 0.25) is 0 Å². The van der Waals surface area contributed by atoms with Crippen LogP contribution in [0.1, 0.15) is 44.1 Å². The molecule has 1 aliphatic rings. The number of hydrogen-bond donors (Lipinski definition) is 1. The summed E-state index contributed by atoms with van der Waals surface area (Å²) in [6.45, 7) is 0. The molecule has 0 aliphatic heterocycles. The molecule has 1 fully saturated rings. The Bertz CT molecular complexity index is 382. The van der Waals surface area contributed by atoms with E-state index in [1.807, 2.05) is 0 Å². The van der Waals surface area contributed by atoms with E-state index in [1.54, 1.807) is 6.07 Å². The second-order valence-electron chi connectivity index (χ2n) is 5.06. The van der Waals surface area contributed by atoms with Crippen LogP contribution in [0.5, 0.6) is 0 Å². The first-order chi connectivity index (χ1) is 8.09. The third kappa shape index (κ3) is 3.25. The van der Waals surface area contributed by atoms with Gasteiger partial charge in [0.1, 0.15) is 0 Å². The van der Waals surface area contributed by atoms with E-state index >= 15 is 0 Å². The predicted octanol–water partition coefficient (Wildman–Crippen LogP) is 3.59. The number of aliphatic hydroxyl groups is 1. The van der Waals surface area contributed by atoms with Crippen molar-refractivity contribution < 1.29 is 13.9 Å². The van der Waals surface area contributed by atoms with Crippen LogP contribution in [0.15, 0.2) is 18.2 Å². The molecule has 2 rings (SSSR count). The largest absolute Gasteiger partial charge is 0.390 e. The maximum Gasteiger partial charge on any atom is 0.159 e. The van der Waals surface area contributed by atoms with Crippen LogP contribution in [0.4, 0.5) is 8.78 Å². The van der Waals surface area contributed by atoms with Crippen molar-refractivity contribution in [2.75, 3.05) is 0 Å². The lowest BCUT2D eigenvalue weighted by molar-refractivity contribution is 0.0252. The Morgan fingerprint density at radius 2 is 1.65 bits per heavy atom. The molecule has 0 radical (unpaired) electrons. The highest BCUT2D eigenvalue weighted by molar-refractivity contribution is 5.19. The maximum absolute atomic E-state index is 13.1. The fraction of sp³-hybridized carbons (Fsp3) is 0.571. The van der Waals surface area contributed by atoms with E-state index in [1.165, 1.54) is 6.07 Å². The Morgan fingerprint density at radius 1 is 1.00 bits per heavy atom. The van der Waals surface area contributed by atoms with Crippen molar-refractivity contribution in [1.29, 1.82) is 0 Å². The number of hydrogen-bond acceptors (Lipinski definition) is 1. The minimum absolute atomic E-state index is 0.421. The SMILES string of the molecule is OC1(Cc2ccc(F)c(F)c2)CCCCCC1. The Balaban J connectivity index is 2.10. The van der Waals surface area contributed by atoms with Crippen molar-refractivity contribution in [2.45, 2.75) is 50.5 Å². The van der Waals surface area contributed by atoms with Crippen molar-refractivity contribution in [1.82, 2.24) is 0 Å². The Hall–Kier alpha value is -0.960. The Morgan fingerprint density at radius 3 is 2.24 bits per heavy atom. The molecule has 1 aromatic rings. The van der Waals surface area contributed by atoms with Gasteiger partial charge in [0, 0.05) is 6.42 Å². The summed E-state index contributed by atoms with van der Waals surface area (Å²) < 4.78 is 25.9. The first kappa shape index (κ1) is 12.5. The molecular formula is C14H18F2O.